The van der Waals surface area contributed by atoms with Crippen molar-refractivity contribution in [2.75, 3.05) is 0 Å². The van der Waals surface area contributed by atoms with Crippen molar-refractivity contribution in [3.05, 3.63) is 12.0 Å². The number of carbonyl (C=O) groups excluding carboxylic acids is 2. The summed E-state index contributed by atoms with van der Waals surface area (Å²) in [6, 6.07) is 0. The first-order chi connectivity index (χ1) is 7.67. The molecule has 0 aliphatic carbocycles. The summed E-state index contributed by atoms with van der Waals surface area (Å²) in [6.45, 7) is 4.00. The van der Waals surface area contributed by atoms with Gasteiger partial charge < -0.3 is 4.74 Å². The Bertz CT molecular complexity index is 297. The van der Waals surface area contributed by atoms with Crippen LogP contribution in [0.15, 0.2) is 12.0 Å². The molecule has 0 bridgehead atoms. The number of allylic oxidation sites excluding steroid dienone is 1. The normalized spacial score (nSPS) is 22.0. The maximum atomic E-state index is 11.4. The van der Waals surface area contributed by atoms with Gasteiger partial charge in [-0.1, -0.05) is 20.3 Å². The van der Waals surface area contributed by atoms with Gasteiger partial charge in [0.1, 0.15) is 0 Å². The van der Waals surface area contributed by atoms with Crippen LogP contribution in [0.3, 0.4) is 0 Å². The Morgan fingerprint density at radius 1 is 1.44 bits per heavy atom. The van der Waals surface area contributed by atoms with Crippen LogP contribution in [0.5, 0.6) is 0 Å². The minimum atomic E-state index is -0.416. The number of hydrogen-bond donors (Lipinski definition) is 1. The van der Waals surface area contributed by atoms with Gasteiger partial charge in [0, 0.05) is 12.5 Å². The van der Waals surface area contributed by atoms with E-state index in [0.717, 1.165) is 19.3 Å². The summed E-state index contributed by atoms with van der Waals surface area (Å²) >= 11 is 0. The van der Waals surface area contributed by atoms with E-state index in [9.17, 15) is 9.59 Å². The number of ether oxygens (including phenoxy) is 1. The van der Waals surface area contributed by atoms with E-state index in [1.54, 1.807) is 0 Å². The Morgan fingerprint density at radius 3 is 2.81 bits per heavy atom. The zero-order valence-electron chi connectivity index (χ0n) is 9.91. The first-order valence-electron chi connectivity index (χ1n) is 5.89. The summed E-state index contributed by atoms with van der Waals surface area (Å²) in [5.74, 6) is 0.169. The molecule has 90 valence electrons. The molecule has 1 aliphatic rings. The molecule has 1 aliphatic heterocycles. The average Bonchev–Trinajstić information content (AvgIpc) is 2.56. The minimum Gasteiger partial charge on any atom is -0.465 e. The van der Waals surface area contributed by atoms with Gasteiger partial charge in [-0.15, -0.1) is 0 Å². The Balaban J connectivity index is 2.48. The van der Waals surface area contributed by atoms with Gasteiger partial charge in [0.15, 0.2) is 17.8 Å². The molecule has 1 amide bonds. The van der Waals surface area contributed by atoms with Crippen molar-refractivity contribution in [3.63, 3.8) is 0 Å². The first kappa shape index (κ1) is 12.7. The average molecular weight is 225 g/mol. The Labute approximate surface area is 96.0 Å². The quantitative estimate of drug-likeness (QED) is 0.702. The molecule has 16 heavy (non-hydrogen) atoms. The third-order valence-corrected chi connectivity index (χ3v) is 2.42. The fraction of sp³-hybridized carbons (Fsp3) is 0.667. The van der Waals surface area contributed by atoms with Gasteiger partial charge in [-0.2, -0.15) is 0 Å². The van der Waals surface area contributed by atoms with Gasteiger partial charge in [0.25, 0.3) is 5.91 Å². The number of amides is 1. The van der Waals surface area contributed by atoms with Crippen molar-refractivity contribution < 1.29 is 14.3 Å². The highest BCUT2D eigenvalue weighted by Crippen LogP contribution is 2.15. The second-order valence-electron chi connectivity index (χ2n) is 3.96. The molecular formula is C12H19NO3. The molecule has 1 fully saturated rings. The van der Waals surface area contributed by atoms with Crippen molar-refractivity contribution >= 4 is 11.7 Å². The summed E-state index contributed by atoms with van der Waals surface area (Å²) < 4.78 is 5.37. The van der Waals surface area contributed by atoms with Gasteiger partial charge in [0.2, 0.25) is 0 Å². The zero-order chi connectivity index (χ0) is 12.0. The van der Waals surface area contributed by atoms with Crippen LogP contribution in [0, 0.1) is 0 Å². The summed E-state index contributed by atoms with van der Waals surface area (Å²) in [4.78, 5) is 22.8. The van der Waals surface area contributed by atoms with E-state index in [4.69, 9.17) is 4.74 Å². The van der Waals surface area contributed by atoms with Crippen LogP contribution in [0.25, 0.3) is 0 Å². The number of ketones is 1. The van der Waals surface area contributed by atoms with Crippen LogP contribution in [0.2, 0.25) is 0 Å². The van der Waals surface area contributed by atoms with Crippen molar-refractivity contribution in [3.8, 4) is 0 Å². The van der Waals surface area contributed by atoms with Crippen molar-refractivity contribution in [1.29, 1.82) is 0 Å². The molecule has 4 heteroatoms. The molecule has 0 radical (unpaired) electrons. The predicted octanol–water partition coefficient (Wildman–Crippen LogP) is 1.90. The molecule has 0 aromatic rings. The molecule has 0 aromatic heterocycles. The number of nitrogens with one attached hydrogen (secondary N) is 1. The third kappa shape index (κ3) is 3.68. The van der Waals surface area contributed by atoms with Crippen molar-refractivity contribution in [1.82, 2.24) is 5.32 Å². The van der Waals surface area contributed by atoms with Gasteiger partial charge in [-0.25, -0.2) is 0 Å². The summed E-state index contributed by atoms with van der Waals surface area (Å²) in [5.41, 5.74) is 0. The summed E-state index contributed by atoms with van der Waals surface area (Å²) in [5, 5.41) is 2.58. The van der Waals surface area contributed by atoms with E-state index in [-0.39, 0.29) is 11.7 Å². The smallest absolute Gasteiger partial charge is 0.267 e. The van der Waals surface area contributed by atoms with Crippen LogP contribution in [-0.4, -0.2) is 17.8 Å². The Morgan fingerprint density at radius 2 is 2.19 bits per heavy atom. The van der Waals surface area contributed by atoms with Gasteiger partial charge >= 0.3 is 0 Å². The fourth-order valence-corrected chi connectivity index (χ4v) is 1.55. The van der Waals surface area contributed by atoms with Gasteiger partial charge in [0.05, 0.1) is 0 Å². The molecule has 1 rings (SSSR count). The van der Waals surface area contributed by atoms with Crippen LogP contribution < -0.4 is 5.32 Å². The van der Waals surface area contributed by atoms with Crippen LogP contribution in [-0.2, 0) is 14.3 Å². The molecular weight excluding hydrogens is 206 g/mol. The summed E-state index contributed by atoms with van der Waals surface area (Å²) in [6.07, 6.45) is 4.95. The molecule has 0 spiro atoms. The predicted molar refractivity (Wildman–Crippen MR) is 60.5 cm³/mol. The molecule has 1 N–H and O–H groups in total. The lowest BCUT2D eigenvalue weighted by Crippen LogP contribution is -2.22. The van der Waals surface area contributed by atoms with Crippen molar-refractivity contribution in [2.24, 2.45) is 0 Å². The second kappa shape index (κ2) is 6.30. The molecule has 1 unspecified atom stereocenters. The Kier molecular flexibility index (Phi) is 5.02. The monoisotopic (exact) mass is 225 g/mol. The maximum absolute atomic E-state index is 11.4. The molecule has 1 atom stereocenters. The van der Waals surface area contributed by atoms with E-state index in [2.05, 4.69) is 12.2 Å². The largest absolute Gasteiger partial charge is 0.465 e. The number of hydrogen-bond acceptors (Lipinski definition) is 3. The molecule has 1 saturated heterocycles. The molecule has 4 nitrogen and oxygen atoms in total. The Hall–Kier alpha value is -1.32. The second-order valence-corrected chi connectivity index (χ2v) is 3.96. The van der Waals surface area contributed by atoms with E-state index in [1.165, 1.54) is 6.08 Å². The number of unbranched alkanes of at least 4 members (excludes halogenated alkanes) is 1. The number of carbonyl (C=O) groups is 2. The zero-order valence-corrected chi connectivity index (χ0v) is 9.91. The first-order valence-corrected chi connectivity index (χ1v) is 5.89. The lowest BCUT2D eigenvalue weighted by molar-refractivity contribution is -0.123. The van der Waals surface area contributed by atoms with Crippen LogP contribution in [0.4, 0.5) is 0 Å². The highest BCUT2D eigenvalue weighted by atomic mass is 16.5. The van der Waals surface area contributed by atoms with Crippen LogP contribution in [0.1, 0.15) is 46.0 Å². The molecule has 0 aromatic carbocycles. The standard InChI is InChI=1S/C12H19NO3/c1-3-5-7-10-12(15)13-11(16-10)8-9(14)6-4-2/h8,10H,3-7H2,1-2H3,(H,13,15)/b11-8+. The third-order valence-electron chi connectivity index (χ3n) is 2.42. The SMILES string of the molecule is CCCCC1O/C(=C/C(=O)CCC)NC1=O. The van der Waals surface area contributed by atoms with Crippen molar-refractivity contribution in [2.45, 2.75) is 52.1 Å². The maximum Gasteiger partial charge on any atom is 0.267 e. The highest BCUT2D eigenvalue weighted by Gasteiger charge is 2.29. The fourth-order valence-electron chi connectivity index (χ4n) is 1.55. The van der Waals surface area contributed by atoms with Gasteiger partial charge in [-0.05, 0) is 19.3 Å². The van der Waals surface area contributed by atoms with Gasteiger partial charge in [-0.3, -0.25) is 14.9 Å². The molecule has 0 saturated carbocycles. The lowest BCUT2D eigenvalue weighted by Gasteiger charge is -2.05. The molecule has 1 heterocycles. The van der Waals surface area contributed by atoms with E-state index >= 15 is 0 Å². The van der Waals surface area contributed by atoms with Crippen LogP contribution >= 0.6 is 0 Å². The van der Waals surface area contributed by atoms with E-state index < -0.39 is 6.10 Å². The lowest BCUT2D eigenvalue weighted by atomic mass is 10.1. The minimum absolute atomic E-state index is 0.00561. The number of rotatable bonds is 6. The highest BCUT2D eigenvalue weighted by molar-refractivity contribution is 5.92. The van der Waals surface area contributed by atoms with E-state index in [1.807, 2.05) is 6.92 Å². The van der Waals surface area contributed by atoms with E-state index in [0.29, 0.717) is 18.7 Å². The topological polar surface area (TPSA) is 55.4 Å². The summed E-state index contributed by atoms with van der Waals surface area (Å²) in [7, 11) is 0.